The summed E-state index contributed by atoms with van der Waals surface area (Å²) in [5, 5.41) is 12.7. The molecule has 0 bridgehead atoms. The molecule has 0 spiro atoms. The standard InChI is InChI=1S/C20H28N2O4/c1-3-9-17(23)22-13-8-12-16(22)18(24)21-14-20(4-2,19(25)26)15-10-6-5-7-11-15/h5-7,10-11,16H,3-4,8-9,12-14H2,1-2H3,(H,21,24)(H,25,26). The third-order valence-electron chi connectivity index (χ3n) is 5.24. The zero-order valence-corrected chi connectivity index (χ0v) is 15.5. The Kier molecular flexibility index (Phi) is 6.77. The first-order valence-electron chi connectivity index (χ1n) is 9.32. The lowest BCUT2D eigenvalue weighted by molar-refractivity contribution is -0.144. The van der Waals surface area contributed by atoms with E-state index < -0.39 is 17.4 Å². The van der Waals surface area contributed by atoms with Gasteiger partial charge in [-0.2, -0.15) is 0 Å². The van der Waals surface area contributed by atoms with Gasteiger partial charge in [0.15, 0.2) is 0 Å². The van der Waals surface area contributed by atoms with Gasteiger partial charge in [-0.1, -0.05) is 44.2 Å². The van der Waals surface area contributed by atoms with Crippen LogP contribution in [0.5, 0.6) is 0 Å². The molecule has 2 atom stereocenters. The lowest BCUT2D eigenvalue weighted by atomic mass is 9.78. The van der Waals surface area contributed by atoms with Gasteiger partial charge in [0.25, 0.3) is 0 Å². The molecule has 0 saturated carbocycles. The molecule has 1 aromatic carbocycles. The predicted molar refractivity (Wildman–Crippen MR) is 98.7 cm³/mol. The van der Waals surface area contributed by atoms with Gasteiger partial charge >= 0.3 is 5.97 Å². The number of carboxylic acids is 1. The van der Waals surface area contributed by atoms with Crippen LogP contribution in [0, 0.1) is 0 Å². The van der Waals surface area contributed by atoms with E-state index >= 15 is 0 Å². The summed E-state index contributed by atoms with van der Waals surface area (Å²) in [4.78, 5) is 38.5. The number of benzene rings is 1. The Morgan fingerprint density at radius 3 is 2.50 bits per heavy atom. The van der Waals surface area contributed by atoms with E-state index in [4.69, 9.17) is 0 Å². The first kappa shape index (κ1) is 19.9. The second kappa shape index (κ2) is 8.83. The lowest BCUT2D eigenvalue weighted by Crippen LogP contribution is -2.51. The number of likely N-dealkylation sites (tertiary alicyclic amines) is 1. The van der Waals surface area contributed by atoms with Crippen LogP contribution in [-0.4, -0.2) is 46.9 Å². The largest absolute Gasteiger partial charge is 0.481 e. The Morgan fingerprint density at radius 1 is 1.23 bits per heavy atom. The second-order valence-corrected chi connectivity index (χ2v) is 6.82. The van der Waals surface area contributed by atoms with Gasteiger partial charge in [0, 0.05) is 19.5 Å². The summed E-state index contributed by atoms with van der Waals surface area (Å²) in [5.74, 6) is -1.23. The van der Waals surface area contributed by atoms with E-state index in [1.165, 1.54) is 0 Å². The summed E-state index contributed by atoms with van der Waals surface area (Å²) in [6.45, 7) is 4.34. The van der Waals surface area contributed by atoms with E-state index in [0.29, 0.717) is 31.4 Å². The predicted octanol–water partition coefficient (Wildman–Crippen LogP) is 2.33. The van der Waals surface area contributed by atoms with E-state index in [1.54, 1.807) is 36.1 Å². The highest BCUT2D eigenvalue weighted by atomic mass is 16.4. The van der Waals surface area contributed by atoms with E-state index in [0.717, 1.165) is 12.8 Å². The molecular formula is C20H28N2O4. The molecule has 2 N–H and O–H groups in total. The van der Waals surface area contributed by atoms with Gasteiger partial charge in [-0.15, -0.1) is 0 Å². The van der Waals surface area contributed by atoms with Crippen molar-refractivity contribution in [1.82, 2.24) is 10.2 Å². The molecule has 2 rings (SSSR count). The van der Waals surface area contributed by atoms with Crippen molar-refractivity contribution in [2.75, 3.05) is 13.1 Å². The van der Waals surface area contributed by atoms with Gasteiger partial charge in [-0.3, -0.25) is 14.4 Å². The van der Waals surface area contributed by atoms with Crippen LogP contribution in [0.25, 0.3) is 0 Å². The van der Waals surface area contributed by atoms with Gasteiger partial charge in [0.2, 0.25) is 11.8 Å². The average molecular weight is 360 g/mol. The van der Waals surface area contributed by atoms with Crippen molar-refractivity contribution in [3.8, 4) is 0 Å². The van der Waals surface area contributed by atoms with Crippen molar-refractivity contribution in [1.29, 1.82) is 0 Å². The molecule has 142 valence electrons. The molecule has 6 nitrogen and oxygen atoms in total. The molecule has 1 aliphatic heterocycles. The molecule has 26 heavy (non-hydrogen) atoms. The fraction of sp³-hybridized carbons (Fsp3) is 0.550. The molecule has 0 radical (unpaired) electrons. The summed E-state index contributed by atoms with van der Waals surface area (Å²) in [7, 11) is 0. The Balaban J connectivity index is 2.12. The first-order valence-corrected chi connectivity index (χ1v) is 9.32. The fourth-order valence-corrected chi connectivity index (χ4v) is 3.59. The van der Waals surface area contributed by atoms with E-state index in [-0.39, 0.29) is 18.4 Å². The summed E-state index contributed by atoms with van der Waals surface area (Å²) in [6.07, 6.45) is 2.95. The minimum atomic E-state index is -1.17. The first-order chi connectivity index (χ1) is 12.5. The molecule has 1 fully saturated rings. The van der Waals surface area contributed by atoms with Crippen LogP contribution in [0.4, 0.5) is 0 Å². The molecule has 1 saturated heterocycles. The highest BCUT2D eigenvalue weighted by molar-refractivity contribution is 5.89. The number of rotatable bonds is 8. The van der Waals surface area contributed by atoms with Crippen molar-refractivity contribution < 1.29 is 19.5 Å². The topological polar surface area (TPSA) is 86.7 Å². The molecule has 0 aliphatic carbocycles. The third kappa shape index (κ3) is 4.06. The quantitative estimate of drug-likeness (QED) is 0.745. The second-order valence-electron chi connectivity index (χ2n) is 6.82. The zero-order valence-electron chi connectivity index (χ0n) is 15.5. The smallest absolute Gasteiger partial charge is 0.315 e. The Bertz CT molecular complexity index is 646. The number of nitrogens with one attached hydrogen (secondary N) is 1. The maximum Gasteiger partial charge on any atom is 0.315 e. The van der Waals surface area contributed by atoms with Crippen molar-refractivity contribution in [3.63, 3.8) is 0 Å². The molecular weight excluding hydrogens is 332 g/mol. The van der Waals surface area contributed by atoms with Crippen LogP contribution in [0.15, 0.2) is 30.3 Å². The van der Waals surface area contributed by atoms with Gasteiger partial charge < -0.3 is 15.3 Å². The van der Waals surface area contributed by atoms with Crippen LogP contribution in [0.2, 0.25) is 0 Å². The number of carboxylic acid groups (broad SMARTS) is 1. The van der Waals surface area contributed by atoms with Gasteiger partial charge in [-0.05, 0) is 31.2 Å². The highest BCUT2D eigenvalue weighted by Crippen LogP contribution is 2.28. The Morgan fingerprint density at radius 2 is 1.92 bits per heavy atom. The molecule has 6 heteroatoms. The van der Waals surface area contributed by atoms with Crippen LogP contribution < -0.4 is 5.32 Å². The SMILES string of the molecule is CCCC(=O)N1CCCC1C(=O)NCC(CC)(C(=O)O)c1ccccc1. The Labute approximate surface area is 154 Å². The number of carbonyl (C=O) groups excluding carboxylic acids is 2. The summed E-state index contributed by atoms with van der Waals surface area (Å²) in [6, 6.07) is 8.49. The summed E-state index contributed by atoms with van der Waals surface area (Å²) in [5.41, 5.74) is -0.506. The molecule has 2 amide bonds. The monoisotopic (exact) mass is 360 g/mol. The van der Waals surface area contributed by atoms with Gasteiger partial charge in [0.1, 0.15) is 11.5 Å². The third-order valence-corrected chi connectivity index (χ3v) is 5.24. The molecule has 1 aliphatic rings. The molecule has 0 aromatic heterocycles. The number of nitrogens with zero attached hydrogens (tertiary/aromatic N) is 1. The number of hydrogen-bond acceptors (Lipinski definition) is 3. The summed E-state index contributed by atoms with van der Waals surface area (Å²) >= 11 is 0. The van der Waals surface area contributed by atoms with Gasteiger partial charge in [-0.25, -0.2) is 0 Å². The van der Waals surface area contributed by atoms with E-state index in [1.807, 2.05) is 13.0 Å². The van der Waals surface area contributed by atoms with E-state index in [2.05, 4.69) is 5.32 Å². The van der Waals surface area contributed by atoms with Crippen LogP contribution in [0.1, 0.15) is 51.5 Å². The number of carbonyl (C=O) groups is 3. The maximum atomic E-state index is 12.7. The molecule has 2 unspecified atom stereocenters. The number of amides is 2. The van der Waals surface area contributed by atoms with Crippen molar-refractivity contribution in [2.24, 2.45) is 0 Å². The van der Waals surface area contributed by atoms with Crippen molar-refractivity contribution in [2.45, 2.75) is 57.4 Å². The minimum Gasteiger partial charge on any atom is -0.481 e. The van der Waals surface area contributed by atoms with E-state index in [9.17, 15) is 19.5 Å². The number of aliphatic carboxylic acids is 1. The summed E-state index contributed by atoms with van der Waals surface area (Å²) < 4.78 is 0. The maximum absolute atomic E-state index is 12.7. The van der Waals surface area contributed by atoms with Crippen LogP contribution >= 0.6 is 0 Å². The lowest BCUT2D eigenvalue weighted by Gasteiger charge is -2.30. The minimum absolute atomic E-state index is 0.00630. The Hall–Kier alpha value is -2.37. The van der Waals surface area contributed by atoms with Crippen molar-refractivity contribution >= 4 is 17.8 Å². The number of hydrogen-bond donors (Lipinski definition) is 2. The average Bonchev–Trinajstić information content (AvgIpc) is 3.13. The zero-order chi connectivity index (χ0) is 19.2. The molecule has 1 aromatic rings. The van der Waals surface area contributed by atoms with Crippen LogP contribution in [0.3, 0.4) is 0 Å². The normalized spacial score (nSPS) is 19.0. The van der Waals surface area contributed by atoms with Crippen molar-refractivity contribution in [3.05, 3.63) is 35.9 Å². The van der Waals surface area contributed by atoms with Crippen LogP contribution in [-0.2, 0) is 19.8 Å². The fourth-order valence-electron chi connectivity index (χ4n) is 3.59. The highest BCUT2D eigenvalue weighted by Gasteiger charge is 2.40. The molecule has 1 heterocycles. The van der Waals surface area contributed by atoms with Gasteiger partial charge in [0.05, 0.1) is 0 Å².